The smallest absolute Gasteiger partial charge is 0.322 e. The van der Waals surface area contributed by atoms with Crippen LogP contribution in [0.1, 0.15) is 5.56 Å². The Kier molecular flexibility index (Phi) is 3.52. The quantitative estimate of drug-likeness (QED) is 0.858. The highest BCUT2D eigenvalue weighted by molar-refractivity contribution is 5.72. The van der Waals surface area contributed by atoms with E-state index in [0.717, 1.165) is 11.3 Å². The fourth-order valence-corrected chi connectivity index (χ4v) is 1.47. The molecule has 0 aliphatic heterocycles. The monoisotopic (exact) mass is 243 g/mol. The van der Waals surface area contributed by atoms with Crippen molar-refractivity contribution < 1.29 is 9.90 Å². The highest BCUT2D eigenvalue weighted by Crippen LogP contribution is 2.17. The maximum Gasteiger partial charge on any atom is 0.322 e. The average molecular weight is 243 g/mol. The van der Waals surface area contributed by atoms with Crippen molar-refractivity contribution in [2.75, 3.05) is 11.9 Å². The molecule has 0 aliphatic carbocycles. The van der Waals surface area contributed by atoms with Crippen molar-refractivity contribution in [1.82, 2.24) is 10.2 Å². The number of aromatic nitrogens is 2. The molecule has 0 amide bonds. The molecule has 18 heavy (non-hydrogen) atoms. The van der Waals surface area contributed by atoms with Gasteiger partial charge in [-0.05, 0) is 19.1 Å². The van der Waals surface area contributed by atoms with Gasteiger partial charge in [-0.25, -0.2) is 0 Å². The van der Waals surface area contributed by atoms with Crippen LogP contribution < -0.4 is 5.32 Å². The Bertz CT molecular complexity index is 535. The van der Waals surface area contributed by atoms with Crippen molar-refractivity contribution in [1.29, 1.82) is 0 Å². The Morgan fingerprint density at radius 1 is 1.17 bits per heavy atom. The van der Waals surface area contributed by atoms with Gasteiger partial charge in [0.2, 0.25) is 0 Å². The number of nitrogens with one attached hydrogen (secondary N) is 1. The van der Waals surface area contributed by atoms with Gasteiger partial charge in [0.25, 0.3) is 0 Å². The molecule has 0 fully saturated rings. The first-order chi connectivity index (χ1) is 8.65. The third-order valence-corrected chi connectivity index (χ3v) is 2.43. The zero-order valence-corrected chi connectivity index (χ0v) is 9.92. The number of carbonyl (C=O) groups is 1. The van der Waals surface area contributed by atoms with Crippen LogP contribution in [0.15, 0.2) is 36.4 Å². The molecule has 2 rings (SSSR count). The maximum absolute atomic E-state index is 10.4. The lowest BCUT2D eigenvalue weighted by Crippen LogP contribution is -2.13. The third-order valence-electron chi connectivity index (χ3n) is 2.43. The fraction of sp³-hybridized carbons (Fsp3) is 0.154. The molecule has 0 spiro atoms. The van der Waals surface area contributed by atoms with Crippen LogP contribution in [0.25, 0.3) is 11.3 Å². The predicted octanol–water partition coefficient (Wildman–Crippen LogP) is 1.95. The number of carboxylic acids is 1. The lowest BCUT2D eigenvalue weighted by atomic mass is 10.1. The Hall–Kier alpha value is -2.43. The number of benzene rings is 1. The van der Waals surface area contributed by atoms with Crippen LogP contribution in [0.2, 0.25) is 0 Å². The van der Waals surface area contributed by atoms with Crippen molar-refractivity contribution >= 4 is 11.8 Å². The van der Waals surface area contributed by atoms with Gasteiger partial charge < -0.3 is 10.4 Å². The predicted molar refractivity (Wildman–Crippen MR) is 68.3 cm³/mol. The number of anilines is 1. The van der Waals surface area contributed by atoms with E-state index in [1.165, 1.54) is 5.56 Å². The van der Waals surface area contributed by atoms with Crippen LogP contribution in [0.4, 0.5) is 5.82 Å². The minimum Gasteiger partial charge on any atom is -0.480 e. The number of aryl methyl sites for hydroxylation is 1. The van der Waals surface area contributed by atoms with Crippen molar-refractivity contribution in [3.63, 3.8) is 0 Å². The van der Waals surface area contributed by atoms with Gasteiger partial charge in [0, 0.05) is 5.56 Å². The normalized spacial score (nSPS) is 10.1. The molecule has 0 unspecified atom stereocenters. The summed E-state index contributed by atoms with van der Waals surface area (Å²) in [6.45, 7) is 1.85. The van der Waals surface area contributed by atoms with Gasteiger partial charge in [-0.3, -0.25) is 4.79 Å². The Morgan fingerprint density at radius 3 is 2.44 bits per heavy atom. The molecule has 1 aromatic heterocycles. The highest BCUT2D eigenvalue weighted by atomic mass is 16.4. The zero-order valence-electron chi connectivity index (χ0n) is 9.92. The Labute approximate surface area is 104 Å². The first-order valence-electron chi connectivity index (χ1n) is 5.51. The van der Waals surface area contributed by atoms with Crippen LogP contribution in [0.3, 0.4) is 0 Å². The molecule has 1 aromatic carbocycles. The second-order valence-electron chi connectivity index (χ2n) is 3.92. The average Bonchev–Trinajstić information content (AvgIpc) is 2.38. The zero-order chi connectivity index (χ0) is 13.0. The van der Waals surface area contributed by atoms with Gasteiger partial charge in [0.15, 0.2) is 0 Å². The Morgan fingerprint density at radius 2 is 1.89 bits per heavy atom. The summed E-state index contributed by atoms with van der Waals surface area (Å²) in [6, 6.07) is 11.5. The number of rotatable bonds is 4. The molecule has 2 aromatic rings. The van der Waals surface area contributed by atoms with Gasteiger partial charge in [0.1, 0.15) is 12.4 Å². The van der Waals surface area contributed by atoms with Crippen LogP contribution >= 0.6 is 0 Å². The fourth-order valence-electron chi connectivity index (χ4n) is 1.47. The Balaban J connectivity index is 2.12. The van der Waals surface area contributed by atoms with Crippen molar-refractivity contribution in [3.8, 4) is 11.3 Å². The van der Waals surface area contributed by atoms with E-state index in [-0.39, 0.29) is 6.54 Å². The van der Waals surface area contributed by atoms with E-state index >= 15 is 0 Å². The molecule has 5 heteroatoms. The number of carboxylic acid groups (broad SMARTS) is 1. The van der Waals surface area contributed by atoms with E-state index in [4.69, 9.17) is 5.11 Å². The molecular weight excluding hydrogens is 230 g/mol. The lowest BCUT2D eigenvalue weighted by Gasteiger charge is -2.03. The molecular formula is C13H13N3O2. The summed E-state index contributed by atoms with van der Waals surface area (Å²) in [6.07, 6.45) is 0. The number of aliphatic carboxylic acids is 1. The second-order valence-corrected chi connectivity index (χ2v) is 3.92. The van der Waals surface area contributed by atoms with Crippen LogP contribution in [-0.2, 0) is 4.79 Å². The summed E-state index contributed by atoms with van der Waals surface area (Å²) in [7, 11) is 0. The molecule has 0 aliphatic rings. The summed E-state index contributed by atoms with van der Waals surface area (Å²) in [5, 5.41) is 19.2. The minimum atomic E-state index is -0.931. The summed E-state index contributed by atoms with van der Waals surface area (Å²) in [4.78, 5) is 10.4. The SMILES string of the molecule is Cc1ccc(-c2ccc(NCC(=O)O)nn2)cc1. The molecule has 0 saturated carbocycles. The van der Waals surface area contributed by atoms with Crippen molar-refractivity contribution in [3.05, 3.63) is 42.0 Å². The molecule has 0 bridgehead atoms. The minimum absolute atomic E-state index is 0.168. The second kappa shape index (κ2) is 5.27. The summed E-state index contributed by atoms with van der Waals surface area (Å²) >= 11 is 0. The first-order valence-corrected chi connectivity index (χ1v) is 5.51. The number of hydrogen-bond donors (Lipinski definition) is 2. The molecule has 0 atom stereocenters. The standard InChI is InChI=1S/C13H13N3O2/c1-9-2-4-10(5-3-9)11-6-7-12(16-15-11)14-8-13(17)18/h2-7H,8H2,1H3,(H,14,16)(H,17,18). The summed E-state index contributed by atoms with van der Waals surface area (Å²) in [5.74, 6) is -0.479. The molecule has 0 saturated heterocycles. The van der Waals surface area contributed by atoms with E-state index in [2.05, 4.69) is 15.5 Å². The van der Waals surface area contributed by atoms with Crippen molar-refractivity contribution in [2.24, 2.45) is 0 Å². The highest BCUT2D eigenvalue weighted by Gasteiger charge is 2.02. The number of nitrogens with zero attached hydrogens (tertiary/aromatic N) is 2. The van der Waals surface area contributed by atoms with Crippen LogP contribution in [0.5, 0.6) is 0 Å². The number of hydrogen-bond acceptors (Lipinski definition) is 4. The topological polar surface area (TPSA) is 75.1 Å². The van der Waals surface area contributed by atoms with E-state index in [1.807, 2.05) is 37.3 Å². The third kappa shape index (κ3) is 3.04. The van der Waals surface area contributed by atoms with Gasteiger partial charge in [-0.2, -0.15) is 0 Å². The molecule has 1 heterocycles. The van der Waals surface area contributed by atoms with Crippen molar-refractivity contribution in [2.45, 2.75) is 6.92 Å². The summed E-state index contributed by atoms with van der Waals surface area (Å²) in [5.41, 5.74) is 2.93. The lowest BCUT2D eigenvalue weighted by molar-refractivity contribution is -0.134. The van der Waals surface area contributed by atoms with Gasteiger partial charge in [0.05, 0.1) is 5.69 Å². The van der Waals surface area contributed by atoms with Gasteiger partial charge in [-0.1, -0.05) is 29.8 Å². The molecule has 0 radical (unpaired) electrons. The van der Waals surface area contributed by atoms with Gasteiger partial charge >= 0.3 is 5.97 Å². The molecule has 2 N–H and O–H groups in total. The van der Waals surface area contributed by atoms with E-state index < -0.39 is 5.97 Å². The molecule has 92 valence electrons. The van der Waals surface area contributed by atoms with E-state index in [0.29, 0.717) is 5.82 Å². The van der Waals surface area contributed by atoms with Crippen LogP contribution in [0, 0.1) is 6.92 Å². The first kappa shape index (κ1) is 12.0. The molecule has 5 nitrogen and oxygen atoms in total. The van der Waals surface area contributed by atoms with E-state index in [1.54, 1.807) is 6.07 Å². The largest absolute Gasteiger partial charge is 0.480 e. The summed E-state index contributed by atoms with van der Waals surface area (Å²) < 4.78 is 0. The van der Waals surface area contributed by atoms with E-state index in [9.17, 15) is 4.79 Å². The van der Waals surface area contributed by atoms with Crippen LogP contribution in [-0.4, -0.2) is 27.8 Å². The maximum atomic E-state index is 10.4. The van der Waals surface area contributed by atoms with Gasteiger partial charge in [-0.15, -0.1) is 10.2 Å².